The third-order valence-corrected chi connectivity index (χ3v) is 5.72. The SMILES string of the molecule is COC1CN(CC(=O)Nc2ccc3c(c2)oc(=O)n3C)CCC12CCCO2. The van der Waals surface area contributed by atoms with Crippen LogP contribution in [0.5, 0.6) is 0 Å². The van der Waals surface area contributed by atoms with Crippen molar-refractivity contribution in [2.45, 2.75) is 31.0 Å². The van der Waals surface area contributed by atoms with Crippen molar-refractivity contribution in [3.05, 3.63) is 28.7 Å². The number of nitrogens with one attached hydrogen (secondary N) is 1. The number of amides is 1. The Bertz CT molecular complexity index is 896. The van der Waals surface area contributed by atoms with E-state index in [2.05, 4.69) is 10.2 Å². The van der Waals surface area contributed by atoms with Crippen molar-refractivity contribution >= 4 is 22.7 Å². The molecule has 4 rings (SSSR count). The molecule has 2 fully saturated rings. The molecule has 2 aliphatic heterocycles. The predicted molar refractivity (Wildman–Crippen MR) is 99.9 cm³/mol. The molecule has 2 atom stereocenters. The molecule has 1 N–H and O–H groups in total. The van der Waals surface area contributed by atoms with Crippen LogP contribution in [-0.2, 0) is 21.3 Å². The lowest BCUT2D eigenvalue weighted by Gasteiger charge is -2.44. The Morgan fingerprint density at radius 1 is 1.41 bits per heavy atom. The van der Waals surface area contributed by atoms with Crippen LogP contribution < -0.4 is 11.1 Å². The number of piperidine rings is 1. The number of carbonyl (C=O) groups excluding carboxylic acids is 1. The number of methoxy groups -OCH3 is 1. The van der Waals surface area contributed by atoms with Crippen molar-refractivity contribution in [1.82, 2.24) is 9.47 Å². The summed E-state index contributed by atoms with van der Waals surface area (Å²) in [4.78, 5) is 26.1. The van der Waals surface area contributed by atoms with Crippen LogP contribution in [-0.4, -0.2) is 60.4 Å². The smallest absolute Gasteiger partial charge is 0.408 e. The Morgan fingerprint density at radius 3 is 3.00 bits per heavy atom. The van der Waals surface area contributed by atoms with Gasteiger partial charge >= 0.3 is 5.76 Å². The number of aryl methyl sites for hydroxylation is 1. The molecule has 0 saturated carbocycles. The first-order valence-electron chi connectivity index (χ1n) is 9.29. The lowest BCUT2D eigenvalue weighted by atomic mass is 9.86. The molecule has 3 heterocycles. The summed E-state index contributed by atoms with van der Waals surface area (Å²) in [5.74, 6) is -0.527. The second-order valence-electron chi connectivity index (χ2n) is 7.38. The van der Waals surface area contributed by atoms with Crippen LogP contribution in [0.1, 0.15) is 19.3 Å². The molecule has 1 aromatic heterocycles. The molecule has 0 aliphatic carbocycles. The topological polar surface area (TPSA) is 85.9 Å². The van der Waals surface area contributed by atoms with Crippen LogP contribution in [0.25, 0.3) is 11.1 Å². The maximum Gasteiger partial charge on any atom is 0.419 e. The second kappa shape index (κ2) is 7.10. The van der Waals surface area contributed by atoms with Gasteiger partial charge in [0, 0.05) is 45.6 Å². The molecular formula is C19H25N3O5. The number of nitrogens with zero attached hydrogens (tertiary/aromatic N) is 2. The van der Waals surface area contributed by atoms with Crippen LogP contribution in [0.3, 0.4) is 0 Å². The highest BCUT2D eigenvalue weighted by Gasteiger charge is 2.46. The van der Waals surface area contributed by atoms with E-state index in [-0.39, 0.29) is 24.2 Å². The average molecular weight is 375 g/mol. The van der Waals surface area contributed by atoms with Crippen molar-refractivity contribution in [2.24, 2.45) is 7.05 Å². The van der Waals surface area contributed by atoms with Gasteiger partial charge in [-0.2, -0.15) is 0 Å². The standard InChI is InChI=1S/C19H25N3O5/c1-21-14-5-4-13(10-15(14)27-18(21)24)20-17(23)12-22-8-7-19(6-3-9-26-19)16(11-22)25-2/h4-5,10,16H,3,6-9,11-12H2,1-2H3,(H,20,23). The van der Waals surface area contributed by atoms with Crippen LogP contribution in [0, 0.1) is 0 Å². The number of ether oxygens (including phenoxy) is 2. The summed E-state index contributed by atoms with van der Waals surface area (Å²) in [6, 6.07) is 5.20. The van der Waals surface area contributed by atoms with Gasteiger partial charge in [-0.3, -0.25) is 14.3 Å². The summed E-state index contributed by atoms with van der Waals surface area (Å²) < 4.78 is 18.3. The zero-order valence-electron chi connectivity index (χ0n) is 15.7. The molecule has 2 unspecified atom stereocenters. The summed E-state index contributed by atoms with van der Waals surface area (Å²) >= 11 is 0. The van der Waals surface area contributed by atoms with E-state index in [1.165, 1.54) is 4.57 Å². The summed E-state index contributed by atoms with van der Waals surface area (Å²) in [5, 5.41) is 2.88. The summed E-state index contributed by atoms with van der Waals surface area (Å²) in [6.07, 6.45) is 2.95. The van der Waals surface area contributed by atoms with Crippen LogP contribution in [0.15, 0.2) is 27.4 Å². The number of anilines is 1. The first-order valence-corrected chi connectivity index (χ1v) is 9.29. The van der Waals surface area contributed by atoms with E-state index in [9.17, 15) is 9.59 Å². The van der Waals surface area contributed by atoms with Crippen LogP contribution in [0.4, 0.5) is 5.69 Å². The van der Waals surface area contributed by atoms with Gasteiger partial charge in [0.15, 0.2) is 5.58 Å². The summed E-state index contributed by atoms with van der Waals surface area (Å²) in [7, 11) is 3.36. The number of carbonyl (C=O) groups is 1. The molecule has 8 nitrogen and oxygen atoms in total. The van der Waals surface area contributed by atoms with E-state index in [4.69, 9.17) is 13.9 Å². The Balaban J connectivity index is 1.39. The number of rotatable bonds is 4. The van der Waals surface area contributed by atoms with E-state index in [0.717, 1.165) is 32.4 Å². The van der Waals surface area contributed by atoms with Crippen LogP contribution >= 0.6 is 0 Å². The Labute approximate surface area is 157 Å². The van der Waals surface area contributed by atoms with Gasteiger partial charge in [0.05, 0.1) is 23.8 Å². The Hall–Kier alpha value is -2.16. The largest absolute Gasteiger partial charge is 0.419 e. The average Bonchev–Trinajstić information content (AvgIpc) is 3.22. The first-order chi connectivity index (χ1) is 13.0. The fourth-order valence-corrected chi connectivity index (χ4v) is 4.22. The number of hydrogen-bond donors (Lipinski definition) is 1. The van der Waals surface area contributed by atoms with Gasteiger partial charge in [-0.25, -0.2) is 4.79 Å². The van der Waals surface area contributed by atoms with E-state index in [1.807, 2.05) is 0 Å². The van der Waals surface area contributed by atoms with Crippen LogP contribution in [0.2, 0.25) is 0 Å². The van der Waals surface area contributed by atoms with E-state index in [1.54, 1.807) is 32.4 Å². The molecular weight excluding hydrogens is 350 g/mol. The van der Waals surface area contributed by atoms with Crippen molar-refractivity contribution in [3.8, 4) is 0 Å². The molecule has 1 amide bonds. The predicted octanol–water partition coefficient (Wildman–Crippen LogP) is 1.34. The van der Waals surface area contributed by atoms with Crippen molar-refractivity contribution in [1.29, 1.82) is 0 Å². The molecule has 2 aromatic rings. The third kappa shape index (κ3) is 3.40. The number of likely N-dealkylation sites (tertiary alicyclic amines) is 1. The second-order valence-corrected chi connectivity index (χ2v) is 7.38. The normalized spacial score (nSPS) is 26.1. The number of fused-ring (bicyclic) bond motifs is 1. The molecule has 2 saturated heterocycles. The quantitative estimate of drug-likeness (QED) is 0.868. The van der Waals surface area contributed by atoms with Gasteiger partial charge in [0.2, 0.25) is 5.91 Å². The van der Waals surface area contributed by atoms with Gasteiger partial charge < -0.3 is 19.2 Å². The minimum atomic E-state index is -0.421. The number of benzene rings is 1. The molecule has 8 heteroatoms. The minimum Gasteiger partial charge on any atom is -0.408 e. The maximum absolute atomic E-state index is 12.5. The van der Waals surface area contributed by atoms with Gasteiger partial charge in [0.1, 0.15) is 0 Å². The van der Waals surface area contributed by atoms with Gasteiger partial charge in [0.25, 0.3) is 0 Å². The zero-order valence-corrected chi connectivity index (χ0v) is 15.7. The van der Waals surface area contributed by atoms with Crippen molar-refractivity contribution in [3.63, 3.8) is 0 Å². The molecule has 2 aliphatic rings. The summed E-state index contributed by atoms with van der Waals surface area (Å²) in [5.41, 5.74) is 1.58. The Morgan fingerprint density at radius 2 is 2.26 bits per heavy atom. The maximum atomic E-state index is 12.5. The fourth-order valence-electron chi connectivity index (χ4n) is 4.22. The third-order valence-electron chi connectivity index (χ3n) is 5.72. The molecule has 0 radical (unpaired) electrons. The van der Waals surface area contributed by atoms with E-state index < -0.39 is 5.76 Å². The van der Waals surface area contributed by atoms with E-state index in [0.29, 0.717) is 23.3 Å². The number of aromatic nitrogens is 1. The molecule has 27 heavy (non-hydrogen) atoms. The highest BCUT2D eigenvalue weighted by Crippen LogP contribution is 2.37. The first kappa shape index (κ1) is 18.2. The highest BCUT2D eigenvalue weighted by atomic mass is 16.5. The number of oxazole rings is 1. The van der Waals surface area contributed by atoms with E-state index >= 15 is 0 Å². The lowest BCUT2D eigenvalue weighted by molar-refractivity contribution is -0.145. The highest BCUT2D eigenvalue weighted by molar-refractivity contribution is 5.94. The lowest BCUT2D eigenvalue weighted by Crippen LogP contribution is -2.57. The zero-order chi connectivity index (χ0) is 19.0. The fraction of sp³-hybridized carbons (Fsp3) is 0.579. The van der Waals surface area contributed by atoms with Gasteiger partial charge in [-0.05, 0) is 31.4 Å². The van der Waals surface area contributed by atoms with Crippen molar-refractivity contribution in [2.75, 3.05) is 38.7 Å². The molecule has 0 bridgehead atoms. The van der Waals surface area contributed by atoms with Crippen molar-refractivity contribution < 1.29 is 18.7 Å². The van der Waals surface area contributed by atoms with Gasteiger partial charge in [-0.15, -0.1) is 0 Å². The Kier molecular flexibility index (Phi) is 4.79. The van der Waals surface area contributed by atoms with Gasteiger partial charge in [-0.1, -0.05) is 0 Å². The molecule has 1 spiro atoms. The monoisotopic (exact) mass is 375 g/mol. The number of hydrogen-bond acceptors (Lipinski definition) is 6. The molecule has 1 aromatic carbocycles. The minimum absolute atomic E-state index is 0.0171. The molecule has 146 valence electrons. The summed E-state index contributed by atoms with van der Waals surface area (Å²) in [6.45, 7) is 2.56.